The van der Waals surface area contributed by atoms with Crippen molar-refractivity contribution in [2.75, 3.05) is 23.9 Å². The van der Waals surface area contributed by atoms with E-state index in [-0.39, 0.29) is 50.5 Å². The quantitative estimate of drug-likeness (QED) is 0.108. The van der Waals surface area contributed by atoms with Gasteiger partial charge in [0.25, 0.3) is 17.4 Å². The first-order valence-corrected chi connectivity index (χ1v) is 9.67. The molecule has 0 aliphatic heterocycles. The van der Waals surface area contributed by atoms with E-state index < -0.39 is 17.4 Å². The average Bonchev–Trinajstić information content (AvgIpc) is 2.68. The summed E-state index contributed by atoms with van der Waals surface area (Å²) in [4.78, 5) is 46.4. The summed E-state index contributed by atoms with van der Waals surface area (Å²) in [6.45, 7) is 0. The molecule has 1 heterocycles. The van der Waals surface area contributed by atoms with Gasteiger partial charge in [-0.25, -0.2) is 4.98 Å². The first-order chi connectivity index (χ1) is 14.6. The molecule has 0 aliphatic carbocycles. The number of aromatic hydroxyl groups is 1. The number of phenols is 1. The van der Waals surface area contributed by atoms with Gasteiger partial charge in [-0.3, -0.25) is 19.4 Å². The number of methoxy groups -OCH3 is 1. The number of hydrogen-bond donors (Lipinski definition) is 6. The lowest BCUT2D eigenvalue weighted by atomic mass is 10.2. The van der Waals surface area contributed by atoms with Crippen LogP contribution < -0.4 is 32.8 Å². The van der Waals surface area contributed by atoms with Gasteiger partial charge in [0, 0.05) is 11.6 Å². The Morgan fingerprint density at radius 2 is 2.13 bits per heavy atom. The number of amidine groups is 1. The molecular weight excluding hydrogens is 450 g/mol. The van der Waals surface area contributed by atoms with Crippen LogP contribution in [0.5, 0.6) is 11.5 Å². The van der Waals surface area contributed by atoms with Crippen molar-refractivity contribution < 1.29 is 19.4 Å². The molecule has 31 heavy (non-hydrogen) atoms. The molecule has 0 unspecified atom stereocenters. The summed E-state index contributed by atoms with van der Waals surface area (Å²) >= 11 is 6.27. The number of thioether (sulfide) groups is 1. The zero-order valence-electron chi connectivity index (χ0n) is 16.0. The number of H-pyrrole nitrogens is 1. The zero-order valence-corrected chi connectivity index (χ0v) is 17.6. The predicted molar refractivity (Wildman–Crippen MR) is 117 cm³/mol. The van der Waals surface area contributed by atoms with Crippen LogP contribution in [0.25, 0.3) is 0 Å². The standard InChI is InChI=1S/C17H18ClN7O5S/c1-30-9-4-7(2-3-8(9)26)15(28)23-13-14(21)24-17(25-16(13)29)31-6-12(27)22-11(20)5-10(18)19/h2-5,26H,6,19H2,1H3,(H,23,28)(H2,20,22,27)(H3,21,24,25,29)/b10-5-. The SMILES string of the molecule is COc1cc(C(=O)Nc2c(N)nc(SCC(=O)N=C(N)/C=C(\N)Cl)[nH]c2=O)ccc1O. The van der Waals surface area contributed by atoms with Crippen molar-refractivity contribution in [2.45, 2.75) is 5.16 Å². The number of aromatic nitrogens is 2. The second-order valence-electron chi connectivity index (χ2n) is 5.72. The van der Waals surface area contributed by atoms with Crippen LogP contribution in [0.4, 0.5) is 11.5 Å². The number of anilines is 2. The fourth-order valence-electron chi connectivity index (χ4n) is 2.14. The third kappa shape index (κ3) is 6.65. The maximum atomic E-state index is 12.4. The van der Waals surface area contributed by atoms with E-state index in [0.717, 1.165) is 17.8 Å². The fraction of sp³-hybridized carbons (Fsp3) is 0.118. The largest absolute Gasteiger partial charge is 0.504 e. The zero-order chi connectivity index (χ0) is 23.1. The molecule has 0 aliphatic rings. The Kier molecular flexibility index (Phi) is 7.88. The summed E-state index contributed by atoms with van der Waals surface area (Å²) < 4.78 is 4.94. The molecule has 12 nitrogen and oxygen atoms in total. The lowest BCUT2D eigenvalue weighted by Crippen LogP contribution is -2.23. The number of hydrogen-bond acceptors (Lipinski definition) is 9. The number of carbonyl (C=O) groups excluding carboxylic acids is 2. The maximum absolute atomic E-state index is 12.4. The highest BCUT2D eigenvalue weighted by atomic mass is 35.5. The number of carbonyl (C=O) groups is 2. The van der Waals surface area contributed by atoms with E-state index in [1.165, 1.54) is 25.3 Å². The van der Waals surface area contributed by atoms with Crippen LogP contribution >= 0.6 is 23.4 Å². The summed E-state index contributed by atoms with van der Waals surface area (Å²) in [7, 11) is 1.33. The van der Waals surface area contributed by atoms with Crippen molar-refractivity contribution in [1.29, 1.82) is 0 Å². The topological polar surface area (TPSA) is 212 Å². The molecule has 0 atom stereocenters. The minimum atomic E-state index is -0.734. The average molecular weight is 468 g/mol. The van der Waals surface area contributed by atoms with Gasteiger partial charge in [0.2, 0.25) is 0 Å². The molecule has 1 aromatic carbocycles. The fourth-order valence-corrected chi connectivity index (χ4v) is 2.91. The first kappa shape index (κ1) is 23.6. The second kappa shape index (κ2) is 10.4. The molecule has 2 rings (SSSR count). The number of halogens is 1. The van der Waals surface area contributed by atoms with Gasteiger partial charge in [-0.15, -0.1) is 0 Å². The van der Waals surface area contributed by atoms with E-state index in [1.54, 1.807) is 0 Å². The van der Waals surface area contributed by atoms with Crippen molar-refractivity contribution in [3.8, 4) is 11.5 Å². The number of nitrogens with two attached hydrogens (primary N) is 3. The number of phenolic OH excluding ortho intramolecular Hbond substituents is 1. The normalized spacial score (nSPS) is 11.8. The van der Waals surface area contributed by atoms with E-state index in [4.69, 9.17) is 33.5 Å². The van der Waals surface area contributed by atoms with Crippen LogP contribution in [0.3, 0.4) is 0 Å². The number of benzene rings is 1. The molecule has 164 valence electrons. The highest BCUT2D eigenvalue weighted by Gasteiger charge is 2.16. The predicted octanol–water partition coefficient (Wildman–Crippen LogP) is 0.333. The molecule has 2 amide bonds. The third-order valence-corrected chi connectivity index (χ3v) is 4.45. The highest BCUT2D eigenvalue weighted by Crippen LogP contribution is 2.26. The first-order valence-electron chi connectivity index (χ1n) is 8.31. The molecule has 0 saturated heterocycles. The van der Waals surface area contributed by atoms with E-state index >= 15 is 0 Å². The summed E-state index contributed by atoms with van der Waals surface area (Å²) in [6, 6.07) is 3.89. The molecule has 0 spiro atoms. The Morgan fingerprint density at radius 1 is 1.42 bits per heavy atom. The number of nitrogens with one attached hydrogen (secondary N) is 2. The van der Waals surface area contributed by atoms with Crippen molar-refractivity contribution in [2.24, 2.45) is 16.5 Å². The molecule has 0 radical (unpaired) electrons. The lowest BCUT2D eigenvalue weighted by molar-refractivity contribution is -0.115. The number of ether oxygens (including phenoxy) is 1. The molecule has 9 N–H and O–H groups in total. The van der Waals surface area contributed by atoms with Gasteiger partial charge in [0.15, 0.2) is 22.5 Å². The minimum Gasteiger partial charge on any atom is -0.504 e. The Hall–Kier alpha value is -3.71. The number of aliphatic imine (C=N–C) groups is 1. The number of aromatic amines is 1. The number of nitrogen functional groups attached to an aromatic ring is 1. The van der Waals surface area contributed by atoms with Gasteiger partial charge in [0.1, 0.15) is 16.7 Å². The van der Waals surface area contributed by atoms with Crippen LogP contribution in [0, 0.1) is 0 Å². The van der Waals surface area contributed by atoms with E-state index in [2.05, 4.69) is 20.3 Å². The van der Waals surface area contributed by atoms with Gasteiger partial charge >= 0.3 is 0 Å². The van der Waals surface area contributed by atoms with Crippen molar-refractivity contribution in [3.05, 3.63) is 45.3 Å². The monoisotopic (exact) mass is 467 g/mol. The molecule has 14 heteroatoms. The lowest BCUT2D eigenvalue weighted by Gasteiger charge is -2.09. The third-order valence-electron chi connectivity index (χ3n) is 3.48. The molecule has 2 aromatic rings. The summed E-state index contributed by atoms with van der Waals surface area (Å²) in [5.41, 5.74) is 15.5. The second-order valence-corrected chi connectivity index (χ2v) is 7.12. The molecule has 0 fully saturated rings. The molecular formula is C17H18ClN7O5S. The van der Waals surface area contributed by atoms with E-state index in [1.807, 2.05) is 0 Å². The van der Waals surface area contributed by atoms with Gasteiger partial charge in [0.05, 0.1) is 12.9 Å². The van der Waals surface area contributed by atoms with Gasteiger partial charge in [-0.05, 0) is 18.2 Å². The smallest absolute Gasteiger partial charge is 0.277 e. The number of rotatable bonds is 7. The van der Waals surface area contributed by atoms with Crippen LogP contribution in [-0.4, -0.2) is 45.6 Å². The van der Waals surface area contributed by atoms with Gasteiger partial charge in [-0.1, -0.05) is 23.4 Å². The van der Waals surface area contributed by atoms with Crippen LogP contribution in [0.1, 0.15) is 10.4 Å². The Labute approximate surface area is 184 Å². The number of amides is 2. The van der Waals surface area contributed by atoms with Gasteiger partial charge < -0.3 is 32.4 Å². The van der Waals surface area contributed by atoms with E-state index in [0.29, 0.717) is 0 Å². The molecule has 0 bridgehead atoms. The van der Waals surface area contributed by atoms with E-state index in [9.17, 15) is 19.5 Å². The minimum absolute atomic E-state index is 0.0290. The Morgan fingerprint density at radius 3 is 2.74 bits per heavy atom. The van der Waals surface area contributed by atoms with Crippen molar-refractivity contribution in [3.63, 3.8) is 0 Å². The van der Waals surface area contributed by atoms with Crippen molar-refractivity contribution >= 4 is 52.5 Å². The summed E-state index contributed by atoms with van der Waals surface area (Å²) in [5.74, 6) is -2.03. The molecule has 1 aromatic heterocycles. The summed E-state index contributed by atoms with van der Waals surface area (Å²) in [6.07, 6.45) is 1.10. The Balaban J connectivity index is 2.12. The number of nitrogens with zero attached hydrogens (tertiary/aromatic N) is 2. The maximum Gasteiger partial charge on any atom is 0.277 e. The van der Waals surface area contributed by atoms with Crippen LogP contribution in [0.2, 0.25) is 0 Å². The van der Waals surface area contributed by atoms with Crippen molar-refractivity contribution in [1.82, 2.24) is 9.97 Å². The Bertz CT molecular complexity index is 1130. The van der Waals surface area contributed by atoms with Crippen LogP contribution in [0.15, 0.2) is 44.4 Å². The summed E-state index contributed by atoms with van der Waals surface area (Å²) in [5, 5.41) is 11.8. The van der Waals surface area contributed by atoms with Gasteiger partial charge in [-0.2, -0.15) is 4.99 Å². The highest BCUT2D eigenvalue weighted by molar-refractivity contribution is 7.99. The molecule has 0 saturated carbocycles. The van der Waals surface area contributed by atoms with Crippen LogP contribution in [-0.2, 0) is 4.79 Å².